The number of ether oxygens (including phenoxy) is 1. The monoisotopic (exact) mass is 383 g/mol. The summed E-state index contributed by atoms with van der Waals surface area (Å²) >= 11 is 0. The van der Waals surface area contributed by atoms with Gasteiger partial charge in [-0.25, -0.2) is 0 Å². The Morgan fingerprint density at radius 1 is 1.04 bits per heavy atom. The lowest BCUT2D eigenvalue weighted by Gasteiger charge is -2.29. The van der Waals surface area contributed by atoms with Crippen LogP contribution in [0.1, 0.15) is 54.4 Å². The van der Waals surface area contributed by atoms with E-state index in [0.717, 1.165) is 24.2 Å². The van der Waals surface area contributed by atoms with Gasteiger partial charge >= 0.3 is 0 Å². The van der Waals surface area contributed by atoms with Crippen LogP contribution in [0.2, 0.25) is 0 Å². The molecule has 0 saturated heterocycles. The average Bonchev–Trinajstić information content (AvgIpc) is 3.00. The lowest BCUT2D eigenvalue weighted by Crippen LogP contribution is -2.43. The van der Waals surface area contributed by atoms with Crippen molar-refractivity contribution in [2.24, 2.45) is 5.92 Å². The third-order valence-corrected chi connectivity index (χ3v) is 5.43. The van der Waals surface area contributed by atoms with Crippen molar-refractivity contribution < 1.29 is 14.3 Å². The Kier molecular flexibility index (Phi) is 6.39. The Bertz CT molecular complexity index is 807. The maximum atomic E-state index is 12.4. The summed E-state index contributed by atoms with van der Waals surface area (Å²) in [5.74, 6) is 0.789. The summed E-state index contributed by atoms with van der Waals surface area (Å²) in [5, 5.41) is 3.07. The number of nitrogens with one attached hydrogen (secondary N) is 2. The lowest BCUT2D eigenvalue weighted by molar-refractivity contribution is -0.124. The summed E-state index contributed by atoms with van der Waals surface area (Å²) in [5.41, 5.74) is 5.32. The highest BCUT2D eigenvalue weighted by Crippen LogP contribution is 2.23. The van der Waals surface area contributed by atoms with Gasteiger partial charge in [-0.15, -0.1) is 0 Å². The van der Waals surface area contributed by atoms with E-state index in [-0.39, 0.29) is 24.5 Å². The fourth-order valence-electron chi connectivity index (χ4n) is 3.64. The normalized spacial score (nSPS) is 19.1. The first-order valence-corrected chi connectivity index (χ1v) is 9.92. The second-order valence-electron chi connectivity index (χ2n) is 7.64. The molecule has 6 nitrogen and oxygen atoms in total. The van der Waals surface area contributed by atoms with E-state index in [0.29, 0.717) is 17.2 Å². The van der Waals surface area contributed by atoms with Gasteiger partial charge in [0.05, 0.1) is 0 Å². The van der Waals surface area contributed by atoms with Crippen LogP contribution in [0.25, 0.3) is 0 Å². The molecular weight excluding hydrogens is 354 g/mol. The van der Waals surface area contributed by atoms with E-state index < -0.39 is 0 Å². The molecule has 2 unspecified atom stereocenters. The van der Waals surface area contributed by atoms with Crippen LogP contribution >= 0.6 is 0 Å². The quantitative estimate of drug-likeness (QED) is 0.801. The van der Waals surface area contributed by atoms with Crippen molar-refractivity contribution in [3.8, 4) is 5.75 Å². The molecule has 3 rings (SSSR count). The number of aromatic nitrogens is 1. The van der Waals surface area contributed by atoms with Crippen LogP contribution in [0, 0.1) is 19.8 Å². The first-order valence-electron chi connectivity index (χ1n) is 9.92. The van der Waals surface area contributed by atoms with Gasteiger partial charge in [-0.2, -0.15) is 0 Å². The SMILES string of the molecule is Cc1ccc(C)n1NC(=O)c1ccc(OCC(=O)NC2CCCCC2C)cc1. The number of hydrogen-bond acceptors (Lipinski definition) is 3. The number of amides is 2. The third kappa shape index (κ3) is 4.94. The molecule has 1 aromatic heterocycles. The van der Waals surface area contributed by atoms with Gasteiger partial charge in [0.15, 0.2) is 6.61 Å². The highest BCUT2D eigenvalue weighted by atomic mass is 16.5. The minimum absolute atomic E-state index is 0.0173. The predicted molar refractivity (Wildman–Crippen MR) is 109 cm³/mol. The Hall–Kier alpha value is -2.76. The molecule has 2 N–H and O–H groups in total. The molecule has 0 spiro atoms. The second kappa shape index (κ2) is 8.95. The van der Waals surface area contributed by atoms with Crippen molar-refractivity contribution in [1.29, 1.82) is 0 Å². The molecule has 1 aromatic carbocycles. The summed E-state index contributed by atoms with van der Waals surface area (Å²) in [4.78, 5) is 24.6. The largest absolute Gasteiger partial charge is 0.484 e. The topological polar surface area (TPSA) is 72.4 Å². The van der Waals surface area contributed by atoms with Crippen LogP contribution in [0.5, 0.6) is 5.75 Å². The Morgan fingerprint density at radius 3 is 2.32 bits per heavy atom. The van der Waals surface area contributed by atoms with Gasteiger partial charge in [0.25, 0.3) is 11.8 Å². The van der Waals surface area contributed by atoms with Crippen LogP contribution in [-0.4, -0.2) is 29.1 Å². The van der Waals surface area contributed by atoms with Crippen molar-refractivity contribution >= 4 is 11.8 Å². The Morgan fingerprint density at radius 2 is 1.68 bits per heavy atom. The zero-order valence-corrected chi connectivity index (χ0v) is 16.8. The maximum Gasteiger partial charge on any atom is 0.270 e. The van der Waals surface area contributed by atoms with Crippen molar-refractivity contribution in [1.82, 2.24) is 9.99 Å². The number of benzene rings is 1. The van der Waals surface area contributed by atoms with Gasteiger partial charge in [-0.3, -0.25) is 19.7 Å². The van der Waals surface area contributed by atoms with Gasteiger partial charge in [-0.05, 0) is 69.0 Å². The smallest absolute Gasteiger partial charge is 0.270 e. The van der Waals surface area contributed by atoms with Crippen molar-refractivity contribution in [3.05, 3.63) is 53.3 Å². The molecule has 2 atom stereocenters. The molecule has 0 bridgehead atoms. The summed E-state index contributed by atoms with van der Waals surface area (Å²) in [6.45, 7) is 6.04. The van der Waals surface area contributed by atoms with Gasteiger partial charge in [0, 0.05) is 23.0 Å². The summed E-state index contributed by atoms with van der Waals surface area (Å²) in [7, 11) is 0. The summed E-state index contributed by atoms with van der Waals surface area (Å²) < 4.78 is 7.33. The molecule has 2 aromatic rings. The average molecular weight is 383 g/mol. The van der Waals surface area contributed by atoms with E-state index in [1.165, 1.54) is 12.8 Å². The van der Waals surface area contributed by atoms with E-state index in [1.54, 1.807) is 28.9 Å². The van der Waals surface area contributed by atoms with Crippen LogP contribution < -0.4 is 15.5 Å². The zero-order chi connectivity index (χ0) is 20.1. The molecule has 1 aliphatic rings. The van der Waals surface area contributed by atoms with E-state index in [1.807, 2.05) is 26.0 Å². The fourth-order valence-corrected chi connectivity index (χ4v) is 3.64. The van der Waals surface area contributed by atoms with Gasteiger partial charge in [0.1, 0.15) is 5.75 Å². The van der Waals surface area contributed by atoms with E-state index >= 15 is 0 Å². The zero-order valence-electron chi connectivity index (χ0n) is 16.8. The molecule has 1 fully saturated rings. The van der Waals surface area contributed by atoms with Crippen LogP contribution in [0.4, 0.5) is 0 Å². The van der Waals surface area contributed by atoms with Crippen molar-refractivity contribution in [2.75, 3.05) is 12.0 Å². The highest BCUT2D eigenvalue weighted by Gasteiger charge is 2.22. The number of carbonyl (C=O) groups excluding carboxylic acids is 2. The molecule has 2 amide bonds. The van der Waals surface area contributed by atoms with Gasteiger partial charge in [0.2, 0.25) is 0 Å². The molecule has 6 heteroatoms. The summed E-state index contributed by atoms with van der Waals surface area (Å²) in [6.07, 6.45) is 4.61. The first-order chi connectivity index (χ1) is 13.4. The maximum absolute atomic E-state index is 12.4. The Balaban J connectivity index is 1.50. The molecule has 150 valence electrons. The summed E-state index contributed by atoms with van der Waals surface area (Å²) in [6, 6.07) is 11.0. The number of hydrogen-bond donors (Lipinski definition) is 2. The third-order valence-electron chi connectivity index (χ3n) is 5.43. The fraction of sp³-hybridized carbons (Fsp3) is 0.455. The highest BCUT2D eigenvalue weighted by molar-refractivity contribution is 6.00. The molecule has 28 heavy (non-hydrogen) atoms. The van der Waals surface area contributed by atoms with Gasteiger partial charge in [-0.1, -0.05) is 19.8 Å². The van der Waals surface area contributed by atoms with E-state index in [9.17, 15) is 9.59 Å². The van der Waals surface area contributed by atoms with Crippen molar-refractivity contribution in [3.63, 3.8) is 0 Å². The number of rotatable bonds is 6. The minimum atomic E-state index is -0.196. The molecule has 1 heterocycles. The second-order valence-corrected chi connectivity index (χ2v) is 7.64. The molecule has 0 radical (unpaired) electrons. The standard InChI is InChI=1S/C22H29N3O3/c1-15-6-4-5-7-20(15)23-21(26)14-28-19-12-10-18(11-13-19)22(27)24-25-16(2)8-9-17(25)3/h8-13,15,20H,4-7,14H2,1-3H3,(H,23,26)(H,24,27). The molecule has 1 saturated carbocycles. The predicted octanol–water partition coefficient (Wildman–Crippen LogP) is 3.56. The van der Waals surface area contributed by atoms with Crippen LogP contribution in [-0.2, 0) is 4.79 Å². The van der Waals surface area contributed by atoms with Crippen LogP contribution in [0.3, 0.4) is 0 Å². The number of aryl methyl sites for hydroxylation is 2. The van der Waals surface area contributed by atoms with Crippen LogP contribution in [0.15, 0.2) is 36.4 Å². The molecule has 1 aliphatic carbocycles. The lowest BCUT2D eigenvalue weighted by atomic mass is 9.86. The van der Waals surface area contributed by atoms with Gasteiger partial charge < -0.3 is 10.1 Å². The van der Waals surface area contributed by atoms with Crippen molar-refractivity contribution in [2.45, 2.75) is 52.5 Å². The number of carbonyl (C=O) groups is 2. The molecule has 0 aliphatic heterocycles. The minimum Gasteiger partial charge on any atom is -0.484 e. The Labute approximate surface area is 166 Å². The first kappa shape index (κ1) is 20.0. The van der Waals surface area contributed by atoms with E-state index in [2.05, 4.69) is 17.7 Å². The molecular formula is C22H29N3O3. The van der Waals surface area contributed by atoms with E-state index in [4.69, 9.17) is 4.74 Å². The number of nitrogens with zero attached hydrogens (tertiary/aromatic N) is 1.